The zero-order valence-electron chi connectivity index (χ0n) is 19.4. The number of nitro groups is 1. The van der Waals surface area contributed by atoms with Crippen LogP contribution in [0.2, 0.25) is 10.0 Å². The summed E-state index contributed by atoms with van der Waals surface area (Å²) in [7, 11) is -4.43. The molecule has 1 amide bonds. The van der Waals surface area contributed by atoms with Gasteiger partial charge in [-0.3, -0.25) is 19.9 Å². The third-order valence-corrected chi connectivity index (χ3v) is 8.48. The zero-order valence-corrected chi connectivity index (χ0v) is 21.7. The summed E-state index contributed by atoms with van der Waals surface area (Å²) in [4.78, 5) is 27.3. The second-order valence-electron chi connectivity index (χ2n) is 8.78. The van der Waals surface area contributed by atoms with Crippen molar-refractivity contribution < 1.29 is 22.5 Å². The molecule has 2 atom stereocenters. The number of para-hydroxylation sites is 1. The van der Waals surface area contributed by atoms with Crippen molar-refractivity contribution in [3.8, 4) is 0 Å². The van der Waals surface area contributed by atoms with Crippen molar-refractivity contribution in [2.45, 2.75) is 42.4 Å². The molecule has 0 aliphatic heterocycles. The van der Waals surface area contributed by atoms with Crippen LogP contribution in [0.3, 0.4) is 0 Å². The SMILES string of the molecule is C[C@@]1(NS(=O)(=O)c2ccccc2[N+](=O)[O-])CC[C@@](F)(C(=O)NCc2ccc(Cl)cc2Cl)c2cccnc21. The Morgan fingerprint density at radius 1 is 1.16 bits per heavy atom. The van der Waals surface area contributed by atoms with Gasteiger partial charge >= 0.3 is 0 Å². The molecule has 2 aromatic carbocycles. The third kappa shape index (κ3) is 5.17. The van der Waals surface area contributed by atoms with Crippen molar-refractivity contribution in [2.75, 3.05) is 0 Å². The fourth-order valence-electron chi connectivity index (χ4n) is 4.34. The molecule has 0 fully saturated rings. The molecule has 0 radical (unpaired) electrons. The molecule has 1 aliphatic rings. The molecule has 0 bridgehead atoms. The lowest BCUT2D eigenvalue weighted by Crippen LogP contribution is -2.52. The van der Waals surface area contributed by atoms with Crippen LogP contribution in [0.4, 0.5) is 10.1 Å². The van der Waals surface area contributed by atoms with E-state index in [2.05, 4.69) is 15.0 Å². The van der Waals surface area contributed by atoms with Crippen LogP contribution in [0.1, 0.15) is 36.6 Å². The van der Waals surface area contributed by atoms with Gasteiger partial charge in [-0.1, -0.05) is 47.5 Å². The van der Waals surface area contributed by atoms with Crippen molar-refractivity contribution in [1.82, 2.24) is 15.0 Å². The molecule has 9 nitrogen and oxygen atoms in total. The highest BCUT2D eigenvalue weighted by Crippen LogP contribution is 2.46. The first-order chi connectivity index (χ1) is 17.4. The Morgan fingerprint density at radius 2 is 1.89 bits per heavy atom. The average molecular weight is 567 g/mol. The summed E-state index contributed by atoms with van der Waals surface area (Å²) < 4.78 is 45.2. The number of fused-ring (bicyclic) bond motifs is 1. The second-order valence-corrected chi connectivity index (χ2v) is 11.3. The quantitative estimate of drug-likeness (QED) is 0.313. The van der Waals surface area contributed by atoms with Crippen LogP contribution < -0.4 is 10.0 Å². The van der Waals surface area contributed by atoms with Gasteiger partial charge in [-0.05, 0) is 49.6 Å². The topological polar surface area (TPSA) is 131 Å². The van der Waals surface area contributed by atoms with Gasteiger partial charge in [0.1, 0.15) is 0 Å². The van der Waals surface area contributed by atoms with Crippen LogP contribution in [0.25, 0.3) is 0 Å². The first-order valence-electron chi connectivity index (χ1n) is 11.0. The number of halogens is 3. The number of hydrogen-bond acceptors (Lipinski definition) is 6. The van der Waals surface area contributed by atoms with Gasteiger partial charge in [-0.2, -0.15) is 4.72 Å². The van der Waals surface area contributed by atoms with E-state index in [1.165, 1.54) is 43.5 Å². The first-order valence-corrected chi connectivity index (χ1v) is 13.3. The number of amides is 1. The Labute approximate surface area is 222 Å². The van der Waals surface area contributed by atoms with E-state index in [0.717, 1.165) is 12.1 Å². The number of nitrogens with one attached hydrogen (secondary N) is 2. The van der Waals surface area contributed by atoms with Crippen molar-refractivity contribution in [3.63, 3.8) is 0 Å². The van der Waals surface area contributed by atoms with E-state index in [0.29, 0.717) is 15.6 Å². The maximum atomic E-state index is 16.3. The van der Waals surface area contributed by atoms with E-state index >= 15 is 4.39 Å². The maximum absolute atomic E-state index is 16.3. The van der Waals surface area contributed by atoms with Gasteiger partial charge in [0.15, 0.2) is 4.90 Å². The molecule has 1 aliphatic carbocycles. The molecule has 37 heavy (non-hydrogen) atoms. The van der Waals surface area contributed by atoms with E-state index in [-0.39, 0.29) is 30.6 Å². The van der Waals surface area contributed by atoms with Crippen molar-refractivity contribution in [2.24, 2.45) is 0 Å². The monoisotopic (exact) mass is 566 g/mol. The number of carbonyl (C=O) groups is 1. The zero-order chi connectivity index (χ0) is 27.0. The van der Waals surface area contributed by atoms with Gasteiger partial charge in [0.05, 0.1) is 16.2 Å². The molecule has 194 valence electrons. The van der Waals surface area contributed by atoms with Crippen LogP contribution in [0.15, 0.2) is 65.7 Å². The van der Waals surface area contributed by atoms with E-state index in [9.17, 15) is 23.3 Å². The van der Waals surface area contributed by atoms with Crippen molar-refractivity contribution in [3.05, 3.63) is 97.8 Å². The number of benzene rings is 2. The summed E-state index contributed by atoms with van der Waals surface area (Å²) in [5, 5.41) is 14.7. The number of nitrogens with zero attached hydrogens (tertiary/aromatic N) is 2. The predicted molar refractivity (Wildman–Crippen MR) is 135 cm³/mol. The molecule has 0 unspecified atom stereocenters. The number of aromatic nitrogens is 1. The number of rotatable bonds is 7. The van der Waals surface area contributed by atoms with E-state index < -0.39 is 42.6 Å². The number of alkyl halides is 1. The number of nitro benzene ring substituents is 1. The number of pyridine rings is 1. The van der Waals surface area contributed by atoms with Crippen LogP contribution in [-0.4, -0.2) is 24.2 Å². The minimum atomic E-state index is -4.43. The minimum absolute atomic E-state index is 0.00517. The highest BCUT2D eigenvalue weighted by atomic mass is 35.5. The molecule has 0 saturated heterocycles. The molecule has 0 saturated carbocycles. The molecule has 2 N–H and O–H groups in total. The normalized spacial score (nSPS) is 21.2. The fraction of sp³-hybridized carbons (Fsp3) is 0.250. The second kappa shape index (κ2) is 9.97. The Kier molecular flexibility index (Phi) is 7.26. The summed E-state index contributed by atoms with van der Waals surface area (Å²) in [6, 6.07) is 12.4. The van der Waals surface area contributed by atoms with Gasteiger partial charge in [-0.25, -0.2) is 12.8 Å². The Balaban J connectivity index is 1.65. The lowest BCUT2D eigenvalue weighted by atomic mass is 9.74. The van der Waals surface area contributed by atoms with Gasteiger partial charge < -0.3 is 5.32 Å². The van der Waals surface area contributed by atoms with E-state index in [1.54, 1.807) is 12.1 Å². The molecule has 1 aromatic heterocycles. The van der Waals surface area contributed by atoms with E-state index in [4.69, 9.17) is 23.2 Å². The molecular weight excluding hydrogens is 546 g/mol. The standard InChI is InChI=1S/C24H21Cl2FN4O5S/c1-23(30-37(35,36)20-7-3-2-6-19(20)31(33)34)10-11-24(27,17-5-4-12-28-21(17)23)22(32)29-14-15-8-9-16(25)13-18(15)26/h2-9,12-13,30H,10-11,14H2,1H3,(H,29,32)/t23-,24+/m1/s1. The van der Waals surface area contributed by atoms with Crippen molar-refractivity contribution in [1.29, 1.82) is 0 Å². The highest BCUT2D eigenvalue weighted by Gasteiger charge is 2.52. The van der Waals surface area contributed by atoms with Crippen LogP contribution in [-0.2, 0) is 32.6 Å². The molecular formula is C24H21Cl2FN4O5S. The lowest BCUT2D eigenvalue weighted by molar-refractivity contribution is -0.387. The van der Waals surface area contributed by atoms with Crippen LogP contribution in [0.5, 0.6) is 0 Å². The summed E-state index contributed by atoms with van der Waals surface area (Å²) in [6.07, 6.45) is 0.831. The van der Waals surface area contributed by atoms with Crippen LogP contribution in [0, 0.1) is 10.1 Å². The molecule has 13 heteroatoms. The Morgan fingerprint density at radius 3 is 2.59 bits per heavy atom. The Bertz CT molecular complexity index is 1510. The highest BCUT2D eigenvalue weighted by molar-refractivity contribution is 7.89. The Hall–Kier alpha value is -3.12. The molecule has 3 aromatic rings. The summed E-state index contributed by atoms with van der Waals surface area (Å²) in [5.74, 6) is -0.934. The average Bonchev–Trinajstić information content (AvgIpc) is 2.86. The fourth-order valence-corrected chi connectivity index (χ4v) is 6.40. The number of hydrogen-bond donors (Lipinski definition) is 2. The number of carbonyl (C=O) groups excluding carboxylic acids is 1. The van der Waals surface area contributed by atoms with Crippen molar-refractivity contribution >= 4 is 44.8 Å². The first kappa shape index (κ1) is 26.9. The minimum Gasteiger partial charge on any atom is -0.349 e. The van der Waals surface area contributed by atoms with Gasteiger partial charge in [0.2, 0.25) is 15.7 Å². The van der Waals surface area contributed by atoms with Gasteiger partial charge in [0.25, 0.3) is 11.6 Å². The largest absolute Gasteiger partial charge is 0.349 e. The maximum Gasteiger partial charge on any atom is 0.289 e. The smallest absolute Gasteiger partial charge is 0.289 e. The van der Waals surface area contributed by atoms with Gasteiger partial charge in [-0.15, -0.1) is 0 Å². The molecule has 0 spiro atoms. The van der Waals surface area contributed by atoms with Gasteiger partial charge in [0, 0.05) is 34.4 Å². The molecule has 4 rings (SSSR count). The summed E-state index contributed by atoms with van der Waals surface area (Å²) in [6.45, 7) is 1.44. The molecule has 1 heterocycles. The van der Waals surface area contributed by atoms with E-state index in [1.807, 2.05) is 0 Å². The number of sulfonamides is 1. The lowest BCUT2D eigenvalue weighted by Gasteiger charge is -2.40. The predicted octanol–water partition coefficient (Wildman–Crippen LogP) is 4.77. The summed E-state index contributed by atoms with van der Waals surface area (Å²) in [5.41, 5.74) is -4.12. The van der Waals surface area contributed by atoms with Crippen LogP contribution >= 0.6 is 23.2 Å². The third-order valence-electron chi connectivity index (χ3n) is 6.25. The summed E-state index contributed by atoms with van der Waals surface area (Å²) >= 11 is 12.0.